The summed E-state index contributed by atoms with van der Waals surface area (Å²) >= 11 is 0. The molecule has 17 heavy (non-hydrogen) atoms. The minimum atomic E-state index is -4.39. The van der Waals surface area contributed by atoms with Crippen LogP contribution >= 0.6 is 0 Å². The van der Waals surface area contributed by atoms with E-state index in [9.17, 15) is 18.0 Å². The lowest BCUT2D eigenvalue weighted by Crippen LogP contribution is -2.51. The Hall–Kier alpha value is -0.940. The maximum Gasteiger partial charge on any atom is 0.407 e. The molecule has 0 spiro atoms. The highest BCUT2D eigenvalue weighted by atomic mass is 19.4. The number of alkyl halides is 3. The molecule has 3 nitrogen and oxygen atoms in total. The molecule has 0 fully saturated rings. The molecule has 0 aliphatic rings. The predicted molar refractivity (Wildman–Crippen MR) is 58.7 cm³/mol. The van der Waals surface area contributed by atoms with E-state index < -0.39 is 29.3 Å². The Labute approximate surface area is 99.7 Å². The fourth-order valence-electron chi connectivity index (χ4n) is 0.910. The molecule has 102 valence electrons. The van der Waals surface area contributed by atoms with Crippen LogP contribution in [-0.4, -0.2) is 23.9 Å². The van der Waals surface area contributed by atoms with Gasteiger partial charge in [-0.3, -0.25) is 0 Å². The molecule has 0 aromatic carbocycles. The molecule has 0 bridgehead atoms. The van der Waals surface area contributed by atoms with Crippen LogP contribution < -0.4 is 5.32 Å². The molecule has 0 aromatic rings. The molecule has 0 saturated heterocycles. The molecule has 1 N–H and O–H groups in total. The monoisotopic (exact) mass is 255 g/mol. The van der Waals surface area contributed by atoms with Gasteiger partial charge in [-0.25, -0.2) is 4.79 Å². The molecule has 0 aromatic heterocycles. The van der Waals surface area contributed by atoms with Crippen molar-refractivity contribution in [1.82, 2.24) is 5.32 Å². The van der Waals surface area contributed by atoms with Crippen molar-refractivity contribution in [3.05, 3.63) is 0 Å². The zero-order chi connectivity index (χ0) is 14.1. The van der Waals surface area contributed by atoms with E-state index in [2.05, 4.69) is 5.32 Å². The first-order valence-corrected chi connectivity index (χ1v) is 5.33. The maximum atomic E-state index is 12.7. The van der Waals surface area contributed by atoms with Gasteiger partial charge in [-0.2, -0.15) is 13.2 Å². The molecule has 0 heterocycles. The number of rotatable bonds is 2. The lowest BCUT2D eigenvalue weighted by Gasteiger charge is -2.34. The first-order valence-electron chi connectivity index (χ1n) is 5.33. The number of amides is 1. The fourth-order valence-corrected chi connectivity index (χ4v) is 0.910. The van der Waals surface area contributed by atoms with Crippen LogP contribution in [-0.2, 0) is 4.74 Å². The third-order valence-electron chi connectivity index (χ3n) is 2.55. The van der Waals surface area contributed by atoms with Gasteiger partial charge in [0.1, 0.15) is 5.60 Å². The first-order chi connectivity index (χ1) is 7.27. The Bertz CT molecular complexity index is 279. The van der Waals surface area contributed by atoms with E-state index in [4.69, 9.17) is 4.74 Å². The van der Waals surface area contributed by atoms with Gasteiger partial charge in [0, 0.05) is 6.04 Å². The summed E-state index contributed by atoms with van der Waals surface area (Å²) in [5.74, 6) is 0. The summed E-state index contributed by atoms with van der Waals surface area (Å²) in [6.45, 7) is 8.31. The van der Waals surface area contributed by atoms with Crippen LogP contribution in [0.1, 0.15) is 41.5 Å². The van der Waals surface area contributed by atoms with Crippen molar-refractivity contribution in [1.29, 1.82) is 0 Å². The third kappa shape index (κ3) is 4.83. The Kier molecular flexibility index (Phi) is 4.48. The number of nitrogens with one attached hydrogen (secondary N) is 1. The van der Waals surface area contributed by atoms with Crippen LogP contribution in [0.3, 0.4) is 0 Å². The van der Waals surface area contributed by atoms with Crippen LogP contribution in [0.5, 0.6) is 0 Å². The van der Waals surface area contributed by atoms with Crippen molar-refractivity contribution in [3.8, 4) is 0 Å². The minimum absolute atomic E-state index is 0.730. The number of carbonyl (C=O) groups is 1. The van der Waals surface area contributed by atoms with Gasteiger partial charge in [-0.15, -0.1) is 0 Å². The second kappa shape index (κ2) is 4.74. The number of alkyl carbamates (subject to hydrolysis) is 1. The SMILES string of the molecule is C[C@H](NC(=O)OC(C)(C)C)C(C)(C)C(F)(F)F. The van der Waals surface area contributed by atoms with Gasteiger partial charge in [0.05, 0.1) is 5.41 Å². The smallest absolute Gasteiger partial charge is 0.407 e. The van der Waals surface area contributed by atoms with Gasteiger partial charge in [0.15, 0.2) is 0 Å². The average molecular weight is 255 g/mol. The van der Waals surface area contributed by atoms with Gasteiger partial charge in [0.2, 0.25) is 0 Å². The van der Waals surface area contributed by atoms with Crippen molar-refractivity contribution in [2.45, 2.75) is 59.4 Å². The molecule has 0 rings (SSSR count). The zero-order valence-electron chi connectivity index (χ0n) is 11.0. The highest BCUT2D eigenvalue weighted by molar-refractivity contribution is 5.68. The summed E-state index contributed by atoms with van der Waals surface area (Å²) in [5, 5.41) is 2.20. The molecule has 6 heteroatoms. The molecule has 1 amide bonds. The van der Waals surface area contributed by atoms with E-state index in [0.717, 1.165) is 13.8 Å². The standard InChI is InChI=1S/C11H20F3NO2/c1-7(10(5,6)11(12,13)14)15-8(16)17-9(2,3)4/h7H,1-6H3,(H,15,16)/t7-/m0/s1. The lowest BCUT2D eigenvalue weighted by molar-refractivity contribution is -0.219. The third-order valence-corrected chi connectivity index (χ3v) is 2.55. The van der Waals surface area contributed by atoms with Crippen LogP contribution in [0.2, 0.25) is 0 Å². The van der Waals surface area contributed by atoms with E-state index >= 15 is 0 Å². The van der Waals surface area contributed by atoms with Crippen LogP contribution in [0.15, 0.2) is 0 Å². The van der Waals surface area contributed by atoms with Gasteiger partial charge in [-0.1, -0.05) is 0 Å². The van der Waals surface area contributed by atoms with Crippen molar-refractivity contribution in [3.63, 3.8) is 0 Å². The molecule has 0 saturated carbocycles. The second-order valence-electron chi connectivity index (χ2n) is 5.59. The van der Waals surface area contributed by atoms with E-state index in [1.54, 1.807) is 20.8 Å². The van der Waals surface area contributed by atoms with Crippen LogP contribution in [0, 0.1) is 5.41 Å². The fraction of sp³-hybridized carbons (Fsp3) is 0.909. The summed E-state index contributed by atoms with van der Waals surface area (Å²) in [6.07, 6.45) is -5.23. The van der Waals surface area contributed by atoms with Crippen LogP contribution in [0.4, 0.5) is 18.0 Å². The average Bonchev–Trinajstić information content (AvgIpc) is 1.97. The number of halogens is 3. The second-order valence-corrected chi connectivity index (χ2v) is 5.59. The predicted octanol–water partition coefficient (Wildman–Crippen LogP) is 3.49. The number of ether oxygens (including phenoxy) is 1. The Morgan fingerprint density at radius 3 is 1.82 bits per heavy atom. The van der Waals surface area contributed by atoms with Gasteiger partial charge in [0.25, 0.3) is 0 Å². The summed E-state index contributed by atoms with van der Waals surface area (Å²) in [7, 11) is 0. The summed E-state index contributed by atoms with van der Waals surface area (Å²) in [6, 6.07) is -1.07. The topological polar surface area (TPSA) is 38.3 Å². The Morgan fingerprint density at radius 2 is 1.53 bits per heavy atom. The molecule has 0 aliphatic heterocycles. The molecular formula is C11H20F3NO2. The van der Waals surface area contributed by atoms with Crippen molar-refractivity contribution in [2.75, 3.05) is 0 Å². The molecule has 0 unspecified atom stereocenters. The quantitative estimate of drug-likeness (QED) is 0.820. The number of carbonyl (C=O) groups excluding carboxylic acids is 1. The summed E-state index contributed by atoms with van der Waals surface area (Å²) < 4.78 is 42.9. The van der Waals surface area contributed by atoms with Gasteiger partial charge < -0.3 is 10.1 Å². The molecular weight excluding hydrogens is 235 g/mol. The van der Waals surface area contributed by atoms with Crippen molar-refractivity contribution < 1.29 is 22.7 Å². The normalized spacial score (nSPS) is 15.4. The minimum Gasteiger partial charge on any atom is -0.444 e. The molecule has 0 aliphatic carbocycles. The number of hydrogen-bond acceptors (Lipinski definition) is 2. The highest BCUT2D eigenvalue weighted by Gasteiger charge is 2.51. The van der Waals surface area contributed by atoms with Gasteiger partial charge >= 0.3 is 12.3 Å². The summed E-state index contributed by atoms with van der Waals surface area (Å²) in [4.78, 5) is 11.3. The molecule has 0 radical (unpaired) electrons. The van der Waals surface area contributed by atoms with Crippen molar-refractivity contribution >= 4 is 6.09 Å². The van der Waals surface area contributed by atoms with E-state index in [0.29, 0.717) is 0 Å². The largest absolute Gasteiger partial charge is 0.444 e. The Morgan fingerprint density at radius 1 is 1.12 bits per heavy atom. The zero-order valence-corrected chi connectivity index (χ0v) is 11.0. The molecule has 1 atom stereocenters. The lowest BCUT2D eigenvalue weighted by atomic mass is 9.85. The van der Waals surface area contributed by atoms with E-state index in [1.807, 2.05) is 0 Å². The van der Waals surface area contributed by atoms with Crippen LogP contribution in [0.25, 0.3) is 0 Å². The first kappa shape index (κ1) is 16.1. The van der Waals surface area contributed by atoms with E-state index in [1.165, 1.54) is 6.92 Å². The Balaban J connectivity index is 4.56. The van der Waals surface area contributed by atoms with E-state index in [-0.39, 0.29) is 0 Å². The summed E-state index contributed by atoms with van der Waals surface area (Å²) in [5.41, 5.74) is -2.74. The van der Waals surface area contributed by atoms with Crippen molar-refractivity contribution in [2.24, 2.45) is 5.41 Å². The number of hydrogen-bond donors (Lipinski definition) is 1. The maximum absolute atomic E-state index is 12.7. The highest BCUT2D eigenvalue weighted by Crippen LogP contribution is 2.40. The van der Waals surface area contributed by atoms with Gasteiger partial charge in [-0.05, 0) is 41.5 Å².